The lowest BCUT2D eigenvalue weighted by molar-refractivity contribution is -0.121. The van der Waals surface area contributed by atoms with Crippen LogP contribution in [0.4, 0.5) is 22.0 Å². The fraction of sp³-hybridized carbons (Fsp3) is 0.286. The van der Waals surface area contributed by atoms with E-state index in [0.717, 1.165) is 29.1 Å². The van der Waals surface area contributed by atoms with Crippen LogP contribution in [0.3, 0.4) is 0 Å². The van der Waals surface area contributed by atoms with E-state index in [-0.39, 0.29) is 52.6 Å². The third-order valence-electron chi connectivity index (χ3n) is 5.57. The van der Waals surface area contributed by atoms with Crippen molar-refractivity contribution in [3.8, 4) is 11.4 Å². The van der Waals surface area contributed by atoms with Crippen LogP contribution in [-0.2, 0) is 4.79 Å². The van der Waals surface area contributed by atoms with Gasteiger partial charge in [0.15, 0.2) is 11.5 Å². The second-order valence-corrected chi connectivity index (χ2v) is 7.86. The number of hydrogen-bond acceptors (Lipinski definition) is 5. The third-order valence-corrected chi connectivity index (χ3v) is 5.57. The molecule has 1 unspecified atom stereocenters. The first-order chi connectivity index (χ1) is 16.7. The minimum absolute atomic E-state index is 0.00585. The number of alkyl halides is 3. The second-order valence-electron chi connectivity index (χ2n) is 7.86. The zero-order valence-corrected chi connectivity index (χ0v) is 17.8. The quantitative estimate of drug-likeness (QED) is 0.441. The van der Waals surface area contributed by atoms with Crippen molar-refractivity contribution in [1.82, 2.24) is 34.4 Å². The molecule has 0 aromatic carbocycles. The predicted molar refractivity (Wildman–Crippen MR) is 111 cm³/mol. The molecule has 1 aliphatic rings. The third kappa shape index (κ3) is 3.94. The SMILES string of the molecule is O=C1CN(C(=O)c2cc3c(cn2)c(-c2cnc4c(F)cc(F)cn24)nn3C(F)C(F)F)CCCN1. The molecule has 5 rings (SSSR count). The second kappa shape index (κ2) is 8.60. The van der Waals surface area contributed by atoms with Crippen molar-refractivity contribution >= 4 is 28.4 Å². The van der Waals surface area contributed by atoms with Gasteiger partial charge in [0.2, 0.25) is 5.91 Å². The number of amides is 2. The number of carbonyl (C=O) groups is 2. The standard InChI is InChI=1S/C21H16F5N7O2/c22-10-4-12(23)20-29-7-15(32(20)8-10)17-11-6-28-13(5-14(11)33(30-17)19(26)18(24)25)21(35)31-3-1-2-27-16(34)9-31/h4-8,18-19H,1-3,9H2,(H,27,34). The summed E-state index contributed by atoms with van der Waals surface area (Å²) in [6, 6.07) is 1.72. The van der Waals surface area contributed by atoms with E-state index in [0.29, 0.717) is 23.7 Å². The highest BCUT2D eigenvalue weighted by Gasteiger charge is 2.29. The molecule has 1 fully saturated rings. The van der Waals surface area contributed by atoms with Crippen LogP contribution in [-0.4, -0.2) is 66.9 Å². The molecule has 1 aliphatic heterocycles. The van der Waals surface area contributed by atoms with Crippen LogP contribution in [0.5, 0.6) is 0 Å². The summed E-state index contributed by atoms with van der Waals surface area (Å²) in [5.74, 6) is -2.91. The van der Waals surface area contributed by atoms with Gasteiger partial charge in [0.25, 0.3) is 18.6 Å². The maximum Gasteiger partial charge on any atom is 0.289 e. The summed E-state index contributed by atoms with van der Waals surface area (Å²) in [7, 11) is 0. The smallest absolute Gasteiger partial charge is 0.289 e. The monoisotopic (exact) mass is 493 g/mol. The molecule has 4 aromatic rings. The lowest BCUT2D eigenvalue weighted by Gasteiger charge is -2.18. The Kier molecular flexibility index (Phi) is 5.57. The lowest BCUT2D eigenvalue weighted by Crippen LogP contribution is -2.37. The van der Waals surface area contributed by atoms with Gasteiger partial charge in [-0.25, -0.2) is 31.6 Å². The van der Waals surface area contributed by atoms with Crippen molar-refractivity contribution in [3.05, 3.63) is 48.1 Å². The normalized spacial score (nSPS) is 15.6. The Morgan fingerprint density at radius 2 is 1.91 bits per heavy atom. The van der Waals surface area contributed by atoms with E-state index in [9.17, 15) is 31.5 Å². The summed E-state index contributed by atoms with van der Waals surface area (Å²) < 4.78 is 70.5. The Bertz CT molecular complexity index is 1470. The van der Waals surface area contributed by atoms with E-state index in [4.69, 9.17) is 0 Å². The molecule has 2 amide bonds. The van der Waals surface area contributed by atoms with E-state index in [1.807, 2.05) is 0 Å². The summed E-state index contributed by atoms with van der Waals surface area (Å²) in [5, 5.41) is 6.60. The highest BCUT2D eigenvalue weighted by molar-refractivity contribution is 6.00. The van der Waals surface area contributed by atoms with Gasteiger partial charge in [-0.3, -0.25) is 19.0 Å². The maximum absolute atomic E-state index is 14.5. The van der Waals surface area contributed by atoms with Crippen LogP contribution in [0.15, 0.2) is 30.7 Å². The zero-order valence-electron chi connectivity index (χ0n) is 17.8. The van der Waals surface area contributed by atoms with Crippen LogP contribution in [0.1, 0.15) is 23.2 Å². The molecule has 1 saturated heterocycles. The number of fused-ring (bicyclic) bond motifs is 2. The number of imidazole rings is 1. The average Bonchev–Trinajstić information content (AvgIpc) is 3.33. The van der Waals surface area contributed by atoms with Gasteiger partial charge >= 0.3 is 0 Å². The molecule has 35 heavy (non-hydrogen) atoms. The Labute approximate surface area is 193 Å². The maximum atomic E-state index is 14.5. The van der Waals surface area contributed by atoms with Crippen LogP contribution >= 0.6 is 0 Å². The molecule has 5 heterocycles. The first-order valence-corrected chi connectivity index (χ1v) is 10.4. The van der Waals surface area contributed by atoms with Crippen molar-refractivity contribution < 1.29 is 31.5 Å². The van der Waals surface area contributed by atoms with E-state index in [2.05, 4.69) is 20.4 Å². The highest BCUT2D eigenvalue weighted by atomic mass is 19.3. The number of aromatic nitrogens is 5. The molecule has 9 nitrogen and oxygen atoms in total. The van der Waals surface area contributed by atoms with Gasteiger partial charge in [0.1, 0.15) is 17.2 Å². The number of halogens is 5. The van der Waals surface area contributed by atoms with E-state index in [1.54, 1.807) is 0 Å². The fourth-order valence-corrected chi connectivity index (χ4v) is 3.96. The number of carbonyl (C=O) groups excluding carboxylic acids is 2. The van der Waals surface area contributed by atoms with Crippen molar-refractivity contribution in [2.75, 3.05) is 19.6 Å². The Balaban J connectivity index is 1.66. The van der Waals surface area contributed by atoms with Crippen molar-refractivity contribution in [2.45, 2.75) is 19.1 Å². The minimum Gasteiger partial charge on any atom is -0.354 e. The molecule has 0 radical (unpaired) electrons. The van der Waals surface area contributed by atoms with Gasteiger partial charge in [0, 0.05) is 36.9 Å². The molecule has 1 atom stereocenters. The molecular formula is C21H16F5N7O2. The summed E-state index contributed by atoms with van der Waals surface area (Å²) >= 11 is 0. The van der Waals surface area contributed by atoms with Crippen molar-refractivity contribution in [3.63, 3.8) is 0 Å². The van der Waals surface area contributed by atoms with Crippen LogP contribution in [0.2, 0.25) is 0 Å². The molecular weight excluding hydrogens is 477 g/mol. The van der Waals surface area contributed by atoms with Gasteiger partial charge in [-0.2, -0.15) is 5.10 Å². The first kappa shape index (κ1) is 22.7. The molecule has 0 aliphatic carbocycles. The van der Waals surface area contributed by atoms with Crippen molar-refractivity contribution in [2.24, 2.45) is 0 Å². The Hall–Kier alpha value is -4.10. The van der Waals surface area contributed by atoms with Crippen molar-refractivity contribution in [1.29, 1.82) is 0 Å². The lowest BCUT2D eigenvalue weighted by atomic mass is 10.2. The highest BCUT2D eigenvalue weighted by Crippen LogP contribution is 2.33. The average molecular weight is 493 g/mol. The number of hydrogen-bond donors (Lipinski definition) is 1. The number of nitrogens with one attached hydrogen (secondary N) is 1. The zero-order chi connectivity index (χ0) is 24.9. The Morgan fingerprint density at radius 3 is 2.69 bits per heavy atom. The molecule has 0 bridgehead atoms. The molecule has 0 spiro atoms. The van der Waals surface area contributed by atoms with Crippen LogP contribution < -0.4 is 5.32 Å². The van der Waals surface area contributed by atoms with E-state index >= 15 is 0 Å². The van der Waals surface area contributed by atoms with E-state index in [1.165, 1.54) is 4.90 Å². The molecule has 182 valence electrons. The molecule has 1 N–H and O–H groups in total. The summed E-state index contributed by atoms with van der Waals surface area (Å²) in [6.07, 6.45) is -2.65. The van der Waals surface area contributed by atoms with Gasteiger partial charge in [-0.05, 0) is 12.5 Å². The van der Waals surface area contributed by atoms with Gasteiger partial charge in [-0.15, -0.1) is 0 Å². The fourth-order valence-electron chi connectivity index (χ4n) is 3.96. The summed E-state index contributed by atoms with van der Waals surface area (Å²) in [5.41, 5.74) is -0.794. The molecule has 4 aromatic heterocycles. The number of rotatable bonds is 4. The Morgan fingerprint density at radius 1 is 1.11 bits per heavy atom. The van der Waals surface area contributed by atoms with Gasteiger partial charge in [0.05, 0.1) is 24.0 Å². The first-order valence-electron chi connectivity index (χ1n) is 10.4. The minimum atomic E-state index is -3.45. The van der Waals surface area contributed by atoms with Gasteiger partial charge in [-0.1, -0.05) is 0 Å². The predicted octanol–water partition coefficient (Wildman–Crippen LogP) is 2.72. The summed E-state index contributed by atoms with van der Waals surface area (Å²) in [4.78, 5) is 34.0. The van der Waals surface area contributed by atoms with Gasteiger partial charge < -0.3 is 10.2 Å². The van der Waals surface area contributed by atoms with Crippen LogP contribution in [0.25, 0.3) is 27.9 Å². The topological polar surface area (TPSA) is 97.4 Å². The van der Waals surface area contributed by atoms with E-state index < -0.39 is 30.3 Å². The molecule has 14 heteroatoms. The van der Waals surface area contributed by atoms with Crippen LogP contribution in [0, 0.1) is 11.6 Å². The number of pyridine rings is 2. The number of nitrogens with zero attached hydrogens (tertiary/aromatic N) is 6. The summed E-state index contributed by atoms with van der Waals surface area (Å²) in [6.45, 7) is 0.428. The molecule has 0 saturated carbocycles. The largest absolute Gasteiger partial charge is 0.354 e.